The van der Waals surface area contributed by atoms with Crippen molar-refractivity contribution in [3.63, 3.8) is 0 Å². The zero-order chi connectivity index (χ0) is 9.54. The van der Waals surface area contributed by atoms with Crippen LogP contribution in [0, 0.1) is 0 Å². The summed E-state index contributed by atoms with van der Waals surface area (Å²) in [7, 11) is 0. The first kappa shape index (κ1) is 7.81. The summed E-state index contributed by atoms with van der Waals surface area (Å²) in [4.78, 5) is 16.1. The number of nitrogens with one attached hydrogen (secondary N) is 1. The van der Waals surface area contributed by atoms with Crippen molar-refractivity contribution in [2.75, 3.05) is 6.54 Å². The Morgan fingerprint density at radius 1 is 1.71 bits per heavy atom. The number of alkyl carbamates (subject to hydrolysis) is 1. The van der Waals surface area contributed by atoms with Crippen LogP contribution in [-0.4, -0.2) is 22.0 Å². The van der Waals surface area contributed by atoms with Gasteiger partial charge in [0.25, 0.3) is 0 Å². The van der Waals surface area contributed by atoms with Gasteiger partial charge in [0.15, 0.2) is 11.9 Å². The number of carbonyl (C=O) groups excluding carboxylic acids is 1. The van der Waals surface area contributed by atoms with Crippen molar-refractivity contribution in [3.05, 3.63) is 23.6 Å². The Kier molecular flexibility index (Phi) is 1.51. The van der Waals surface area contributed by atoms with Crippen LogP contribution in [0.25, 0.3) is 4.83 Å². The van der Waals surface area contributed by atoms with E-state index < -0.39 is 0 Å². The fraction of sp³-hybridized carbons (Fsp3) is 0.250. The quantitative estimate of drug-likeness (QED) is 0.767. The van der Waals surface area contributed by atoms with Crippen LogP contribution in [0.4, 0.5) is 4.79 Å². The number of rotatable bonds is 1. The number of carbonyl (C=O) groups is 1. The summed E-state index contributed by atoms with van der Waals surface area (Å²) in [5, 5.41) is 4.58. The van der Waals surface area contributed by atoms with Gasteiger partial charge in [0.1, 0.15) is 4.83 Å². The van der Waals surface area contributed by atoms with Gasteiger partial charge in [0, 0.05) is 11.6 Å². The second-order valence-electron chi connectivity index (χ2n) is 3.00. The average Bonchev–Trinajstić information content (AvgIpc) is 2.77. The molecule has 2 aromatic rings. The fourth-order valence-electron chi connectivity index (χ4n) is 1.53. The Balaban J connectivity index is 2.05. The van der Waals surface area contributed by atoms with Gasteiger partial charge < -0.3 is 10.1 Å². The van der Waals surface area contributed by atoms with E-state index in [0.717, 1.165) is 10.7 Å². The number of fused-ring (bicyclic) bond motifs is 1. The van der Waals surface area contributed by atoms with Crippen LogP contribution in [0.3, 0.4) is 0 Å². The molecule has 1 amide bonds. The molecule has 0 saturated carbocycles. The summed E-state index contributed by atoms with van der Waals surface area (Å²) in [5.74, 6) is 0.777. The van der Waals surface area contributed by atoms with Gasteiger partial charge in [0.05, 0.1) is 12.7 Å². The highest BCUT2D eigenvalue weighted by molar-refractivity contribution is 7.15. The Bertz CT molecular complexity index is 489. The van der Waals surface area contributed by atoms with E-state index in [4.69, 9.17) is 4.74 Å². The van der Waals surface area contributed by atoms with E-state index in [9.17, 15) is 4.79 Å². The number of nitrogens with zero attached hydrogens (tertiary/aromatic N) is 2. The summed E-state index contributed by atoms with van der Waals surface area (Å²) in [6.45, 7) is 0.494. The second kappa shape index (κ2) is 2.71. The summed E-state index contributed by atoms with van der Waals surface area (Å²) in [6.07, 6.45) is 3.07. The number of ether oxygens (including phenoxy) is 1. The summed E-state index contributed by atoms with van der Waals surface area (Å²) >= 11 is 1.61. The Labute approximate surface area is 83.3 Å². The molecule has 2 aromatic heterocycles. The second-order valence-corrected chi connectivity index (χ2v) is 3.93. The molecule has 0 unspecified atom stereocenters. The molecule has 1 aliphatic heterocycles. The number of amides is 1. The first-order valence-electron chi connectivity index (χ1n) is 4.19. The van der Waals surface area contributed by atoms with Crippen molar-refractivity contribution in [2.45, 2.75) is 6.10 Å². The lowest BCUT2D eigenvalue weighted by atomic mass is 10.3. The maximum absolute atomic E-state index is 10.9. The maximum atomic E-state index is 10.9. The standard InChI is InChI=1S/C8H7N3O2S/c12-8-10-3-5(13-8)7-9-4-6-11(7)1-2-14-6/h1-2,4-5H,3H2,(H,10,12)/t5-/m0/s1. The normalized spacial score (nSPS) is 21.1. The molecule has 3 heterocycles. The average molecular weight is 209 g/mol. The molecule has 0 aliphatic carbocycles. The van der Waals surface area contributed by atoms with Gasteiger partial charge in [-0.15, -0.1) is 11.3 Å². The molecule has 0 radical (unpaired) electrons. The van der Waals surface area contributed by atoms with E-state index in [1.807, 2.05) is 16.0 Å². The van der Waals surface area contributed by atoms with Gasteiger partial charge >= 0.3 is 6.09 Å². The topological polar surface area (TPSA) is 55.6 Å². The number of hydrogen-bond acceptors (Lipinski definition) is 4. The number of aromatic nitrogens is 2. The highest BCUT2D eigenvalue weighted by atomic mass is 32.1. The van der Waals surface area contributed by atoms with E-state index in [-0.39, 0.29) is 12.2 Å². The van der Waals surface area contributed by atoms with E-state index in [0.29, 0.717) is 6.54 Å². The molecule has 3 rings (SSSR count). The molecule has 72 valence electrons. The SMILES string of the molecule is O=C1NC[C@@H](c2ncc3sccn23)O1. The minimum Gasteiger partial charge on any atom is -0.436 e. The van der Waals surface area contributed by atoms with Crippen LogP contribution >= 0.6 is 11.3 Å². The van der Waals surface area contributed by atoms with Crippen molar-refractivity contribution >= 4 is 22.3 Å². The predicted octanol–water partition coefficient (Wildman–Crippen LogP) is 1.18. The lowest BCUT2D eigenvalue weighted by Gasteiger charge is -2.04. The minimum absolute atomic E-state index is 0.264. The van der Waals surface area contributed by atoms with Crippen LogP contribution in [0.15, 0.2) is 17.8 Å². The van der Waals surface area contributed by atoms with E-state index in [1.165, 1.54) is 0 Å². The third kappa shape index (κ3) is 1.00. The third-order valence-corrected chi connectivity index (χ3v) is 2.96. The van der Waals surface area contributed by atoms with Crippen molar-refractivity contribution in [1.29, 1.82) is 0 Å². The molecule has 6 heteroatoms. The van der Waals surface area contributed by atoms with Crippen LogP contribution in [-0.2, 0) is 4.74 Å². The molecule has 1 atom stereocenters. The monoisotopic (exact) mass is 209 g/mol. The highest BCUT2D eigenvalue weighted by Gasteiger charge is 2.27. The van der Waals surface area contributed by atoms with Crippen molar-refractivity contribution < 1.29 is 9.53 Å². The summed E-state index contributed by atoms with van der Waals surface area (Å²) in [6, 6.07) is 0. The van der Waals surface area contributed by atoms with E-state index in [2.05, 4.69) is 10.3 Å². The van der Waals surface area contributed by atoms with Crippen LogP contribution in [0.1, 0.15) is 11.9 Å². The number of thiazole rings is 1. The van der Waals surface area contributed by atoms with Crippen molar-refractivity contribution in [3.8, 4) is 0 Å². The lowest BCUT2D eigenvalue weighted by Crippen LogP contribution is -2.12. The minimum atomic E-state index is -0.373. The lowest BCUT2D eigenvalue weighted by molar-refractivity contribution is 0.136. The first-order chi connectivity index (χ1) is 6.84. The zero-order valence-electron chi connectivity index (χ0n) is 7.14. The van der Waals surface area contributed by atoms with Crippen molar-refractivity contribution in [1.82, 2.24) is 14.7 Å². The largest absolute Gasteiger partial charge is 0.436 e. The molecule has 14 heavy (non-hydrogen) atoms. The maximum Gasteiger partial charge on any atom is 0.408 e. The van der Waals surface area contributed by atoms with Crippen LogP contribution in [0.2, 0.25) is 0 Å². The van der Waals surface area contributed by atoms with E-state index >= 15 is 0 Å². The van der Waals surface area contributed by atoms with Gasteiger partial charge in [-0.2, -0.15) is 0 Å². The third-order valence-electron chi connectivity index (χ3n) is 2.16. The zero-order valence-corrected chi connectivity index (χ0v) is 7.95. The van der Waals surface area contributed by atoms with Gasteiger partial charge in [-0.1, -0.05) is 0 Å². The molecular formula is C8H7N3O2S. The van der Waals surface area contributed by atoms with Gasteiger partial charge in [-0.3, -0.25) is 4.40 Å². The van der Waals surface area contributed by atoms with Crippen LogP contribution in [0.5, 0.6) is 0 Å². The summed E-state index contributed by atoms with van der Waals surface area (Å²) < 4.78 is 6.99. The van der Waals surface area contributed by atoms with Gasteiger partial charge in [-0.25, -0.2) is 9.78 Å². The van der Waals surface area contributed by atoms with E-state index in [1.54, 1.807) is 17.5 Å². The Morgan fingerprint density at radius 3 is 3.43 bits per heavy atom. The molecule has 5 nitrogen and oxygen atoms in total. The highest BCUT2D eigenvalue weighted by Crippen LogP contribution is 2.22. The molecule has 1 fully saturated rings. The predicted molar refractivity (Wildman–Crippen MR) is 50.3 cm³/mol. The molecule has 1 aliphatic rings. The number of hydrogen-bond donors (Lipinski definition) is 1. The Hall–Kier alpha value is -1.56. The number of cyclic esters (lactones) is 1. The van der Waals surface area contributed by atoms with Crippen LogP contribution < -0.4 is 5.32 Å². The first-order valence-corrected chi connectivity index (χ1v) is 5.07. The smallest absolute Gasteiger partial charge is 0.408 e. The molecule has 0 bridgehead atoms. The Morgan fingerprint density at radius 2 is 2.64 bits per heavy atom. The van der Waals surface area contributed by atoms with Gasteiger partial charge in [-0.05, 0) is 0 Å². The fourth-order valence-corrected chi connectivity index (χ4v) is 2.23. The molecular weight excluding hydrogens is 202 g/mol. The summed E-state index contributed by atoms with van der Waals surface area (Å²) in [5.41, 5.74) is 0. The molecule has 1 saturated heterocycles. The van der Waals surface area contributed by atoms with Crippen molar-refractivity contribution in [2.24, 2.45) is 0 Å². The molecule has 1 N–H and O–H groups in total. The number of imidazole rings is 1. The van der Waals surface area contributed by atoms with Gasteiger partial charge in [0.2, 0.25) is 0 Å². The molecule has 0 spiro atoms. The molecule has 0 aromatic carbocycles.